The highest BCUT2D eigenvalue weighted by atomic mass is 16.5. The van der Waals surface area contributed by atoms with Crippen molar-refractivity contribution in [1.29, 1.82) is 0 Å². The molecule has 1 atom stereocenters. The van der Waals surface area contributed by atoms with Gasteiger partial charge in [-0.25, -0.2) is 9.48 Å². The Morgan fingerprint density at radius 3 is 2.67 bits per heavy atom. The van der Waals surface area contributed by atoms with Gasteiger partial charge >= 0.3 is 5.97 Å². The smallest absolute Gasteiger partial charge is 0.331 e. The number of aromatic nitrogens is 5. The van der Waals surface area contributed by atoms with E-state index in [9.17, 15) is 9.90 Å². The highest BCUT2D eigenvalue weighted by Gasteiger charge is 2.53. The number of phenols is 1. The minimum Gasteiger partial charge on any atom is -0.507 e. The molecule has 0 radical (unpaired) electrons. The highest BCUT2D eigenvalue weighted by molar-refractivity contribution is 5.83. The molecule has 1 spiro atoms. The number of para-hydroxylation sites is 1. The van der Waals surface area contributed by atoms with E-state index >= 15 is 0 Å². The van der Waals surface area contributed by atoms with E-state index in [1.165, 1.54) is 5.56 Å². The van der Waals surface area contributed by atoms with Crippen LogP contribution in [0.1, 0.15) is 56.6 Å². The Hall–Kier alpha value is -4.01. The average Bonchev–Trinajstić information content (AvgIpc) is 3.33. The van der Waals surface area contributed by atoms with E-state index in [-0.39, 0.29) is 23.7 Å². The number of anilines is 1. The molecular weight excluding hydrogens is 492 g/mol. The van der Waals surface area contributed by atoms with Crippen LogP contribution >= 0.6 is 0 Å². The molecule has 4 aromatic rings. The van der Waals surface area contributed by atoms with Gasteiger partial charge < -0.3 is 14.7 Å². The summed E-state index contributed by atoms with van der Waals surface area (Å²) in [6.45, 7) is 4.15. The number of fused-ring (bicyclic) bond motifs is 1. The van der Waals surface area contributed by atoms with Crippen LogP contribution in [0.25, 0.3) is 22.2 Å². The number of nitrogens with zero attached hydrogens (tertiary/aromatic N) is 6. The van der Waals surface area contributed by atoms with E-state index in [2.05, 4.69) is 43.6 Å². The van der Waals surface area contributed by atoms with Crippen LogP contribution < -0.4 is 4.90 Å². The zero-order valence-corrected chi connectivity index (χ0v) is 22.0. The van der Waals surface area contributed by atoms with Gasteiger partial charge in [-0.3, -0.25) is 0 Å². The predicted molar refractivity (Wildman–Crippen MR) is 146 cm³/mol. The summed E-state index contributed by atoms with van der Waals surface area (Å²) in [5.41, 5.74) is 3.86. The summed E-state index contributed by atoms with van der Waals surface area (Å²) in [6, 6.07) is 15.3. The maximum absolute atomic E-state index is 12.6. The van der Waals surface area contributed by atoms with Crippen molar-refractivity contribution in [2.45, 2.75) is 51.0 Å². The number of aromatic hydroxyl groups is 1. The third kappa shape index (κ3) is 4.20. The molecule has 3 heterocycles. The van der Waals surface area contributed by atoms with Crippen molar-refractivity contribution in [3.63, 3.8) is 0 Å². The molecule has 9 heteroatoms. The Bertz CT molecular complexity index is 1530. The normalized spacial score (nSPS) is 19.4. The highest BCUT2D eigenvalue weighted by Crippen LogP contribution is 2.56. The predicted octanol–water partition coefficient (Wildman–Crippen LogP) is 4.88. The number of carbonyl (C=O) groups is 1. The number of ether oxygens (including phenoxy) is 1. The molecule has 2 aromatic carbocycles. The second kappa shape index (κ2) is 9.32. The van der Waals surface area contributed by atoms with E-state index in [1.54, 1.807) is 16.8 Å². The molecule has 2 aliphatic carbocycles. The van der Waals surface area contributed by atoms with E-state index in [1.807, 2.05) is 31.3 Å². The maximum Gasteiger partial charge on any atom is 0.331 e. The van der Waals surface area contributed by atoms with Crippen molar-refractivity contribution < 1.29 is 14.6 Å². The Morgan fingerprint density at radius 2 is 1.92 bits per heavy atom. The van der Waals surface area contributed by atoms with Gasteiger partial charge in [-0.1, -0.05) is 35.9 Å². The van der Waals surface area contributed by atoms with Crippen molar-refractivity contribution in [3.05, 3.63) is 60.3 Å². The minimum atomic E-state index is -0.367. The average molecular weight is 525 g/mol. The van der Waals surface area contributed by atoms with Crippen LogP contribution in [-0.4, -0.2) is 56.0 Å². The second-order valence-electron chi connectivity index (χ2n) is 11.5. The van der Waals surface area contributed by atoms with Gasteiger partial charge in [-0.05, 0) is 74.3 Å². The molecule has 7 rings (SSSR count). The van der Waals surface area contributed by atoms with Crippen LogP contribution in [0.4, 0.5) is 5.82 Å². The number of carbonyl (C=O) groups excluding carboxylic acids is 1. The standard InChI is InChI=1S/C30H32N6O3/c1-2-39-29(38)28(19-6-5-7-19)36-16-27(33-34-36)35-17-30(18-35)14-22(15-30)20-10-11-21-13-25(32-31-24(21)12-20)23-8-3-4-9-26(23)37/h3-4,8-13,16,19,22,28,37H,2,5-7,14-15,17-18H2,1H3. The molecule has 1 unspecified atom stereocenters. The number of esters is 1. The number of hydrogen-bond acceptors (Lipinski definition) is 8. The largest absolute Gasteiger partial charge is 0.507 e. The van der Waals surface area contributed by atoms with Gasteiger partial charge in [0.05, 0.1) is 24.0 Å². The summed E-state index contributed by atoms with van der Waals surface area (Å²) >= 11 is 0. The maximum atomic E-state index is 12.6. The van der Waals surface area contributed by atoms with E-state index in [0.717, 1.165) is 61.9 Å². The first kappa shape index (κ1) is 24.1. The Labute approximate surface area is 226 Å². The van der Waals surface area contributed by atoms with Gasteiger partial charge in [0.15, 0.2) is 11.9 Å². The van der Waals surface area contributed by atoms with Crippen molar-refractivity contribution in [1.82, 2.24) is 25.2 Å². The molecule has 0 amide bonds. The lowest BCUT2D eigenvalue weighted by Crippen LogP contribution is -2.62. The minimum absolute atomic E-state index is 0.199. The third-order valence-corrected chi connectivity index (χ3v) is 8.91. The monoisotopic (exact) mass is 524 g/mol. The first-order valence-corrected chi connectivity index (χ1v) is 13.9. The quantitative estimate of drug-likeness (QED) is 0.341. The second-order valence-corrected chi connectivity index (χ2v) is 11.5. The third-order valence-electron chi connectivity index (χ3n) is 8.91. The van der Waals surface area contributed by atoms with Crippen LogP contribution in [0.3, 0.4) is 0 Å². The molecule has 0 bridgehead atoms. The Morgan fingerprint density at radius 1 is 1.10 bits per heavy atom. The molecular formula is C30H32N6O3. The van der Waals surface area contributed by atoms with Gasteiger partial charge in [-0.2, -0.15) is 0 Å². The first-order valence-electron chi connectivity index (χ1n) is 13.9. The number of benzene rings is 2. The molecule has 1 aliphatic heterocycles. The summed E-state index contributed by atoms with van der Waals surface area (Å²) in [5, 5.41) is 28.8. The van der Waals surface area contributed by atoms with Gasteiger partial charge in [0.25, 0.3) is 0 Å². The molecule has 1 N–H and O–H groups in total. The van der Waals surface area contributed by atoms with E-state index in [4.69, 9.17) is 4.74 Å². The zero-order chi connectivity index (χ0) is 26.6. The summed E-state index contributed by atoms with van der Waals surface area (Å²) in [6.07, 6.45) is 7.42. The lowest BCUT2D eigenvalue weighted by atomic mass is 9.56. The van der Waals surface area contributed by atoms with Crippen LogP contribution in [-0.2, 0) is 9.53 Å². The van der Waals surface area contributed by atoms with Gasteiger partial charge in [0.1, 0.15) is 5.75 Å². The number of rotatable bonds is 7. The molecule has 1 saturated heterocycles. The summed E-state index contributed by atoms with van der Waals surface area (Å²) in [5.74, 6) is 1.65. The molecule has 200 valence electrons. The Balaban J connectivity index is 0.994. The molecule has 2 saturated carbocycles. The number of phenolic OH excluding ortho intramolecular Hbond substituents is 1. The van der Waals surface area contributed by atoms with Crippen molar-refractivity contribution in [3.8, 4) is 17.0 Å². The molecule has 39 heavy (non-hydrogen) atoms. The van der Waals surface area contributed by atoms with Crippen LogP contribution in [0.2, 0.25) is 0 Å². The molecule has 3 aliphatic rings. The molecule has 2 aromatic heterocycles. The summed E-state index contributed by atoms with van der Waals surface area (Å²) in [4.78, 5) is 14.9. The van der Waals surface area contributed by atoms with Gasteiger partial charge in [0, 0.05) is 29.5 Å². The van der Waals surface area contributed by atoms with Gasteiger partial charge in [0.2, 0.25) is 0 Å². The van der Waals surface area contributed by atoms with Crippen molar-refractivity contribution in [2.75, 3.05) is 24.6 Å². The fourth-order valence-corrected chi connectivity index (χ4v) is 6.58. The zero-order valence-electron chi connectivity index (χ0n) is 22.0. The SMILES string of the molecule is CCOC(=O)C(C1CCC1)n1cc(N2CC3(CC(c4ccc5cc(-c6ccccc6O)nnc5c4)C3)C2)nn1. The van der Waals surface area contributed by atoms with E-state index in [0.29, 0.717) is 29.2 Å². The first-order chi connectivity index (χ1) is 19.0. The van der Waals surface area contributed by atoms with Gasteiger partial charge in [-0.15, -0.1) is 15.3 Å². The molecule has 9 nitrogen and oxygen atoms in total. The lowest BCUT2D eigenvalue weighted by Gasteiger charge is -2.59. The fourth-order valence-electron chi connectivity index (χ4n) is 6.58. The molecule has 3 fully saturated rings. The summed E-state index contributed by atoms with van der Waals surface area (Å²) in [7, 11) is 0. The van der Waals surface area contributed by atoms with Crippen LogP contribution in [0.5, 0.6) is 5.75 Å². The van der Waals surface area contributed by atoms with Crippen molar-refractivity contribution in [2.24, 2.45) is 11.3 Å². The van der Waals surface area contributed by atoms with E-state index < -0.39 is 0 Å². The Kier molecular flexibility index (Phi) is 5.75. The fraction of sp³-hybridized carbons (Fsp3) is 0.433. The number of hydrogen-bond donors (Lipinski definition) is 1. The van der Waals surface area contributed by atoms with Crippen LogP contribution in [0.15, 0.2) is 54.7 Å². The van der Waals surface area contributed by atoms with Crippen molar-refractivity contribution >= 4 is 22.7 Å². The topological polar surface area (TPSA) is 106 Å². The lowest BCUT2D eigenvalue weighted by molar-refractivity contribution is -0.150. The summed E-state index contributed by atoms with van der Waals surface area (Å²) < 4.78 is 7.07. The van der Waals surface area contributed by atoms with Crippen LogP contribution in [0, 0.1) is 11.3 Å².